The van der Waals surface area contributed by atoms with Crippen LogP contribution in [0, 0.1) is 5.82 Å². The molecule has 5 nitrogen and oxygen atoms in total. The van der Waals surface area contributed by atoms with Crippen LogP contribution in [0.1, 0.15) is 16.1 Å². The van der Waals surface area contributed by atoms with Crippen LogP contribution in [0.4, 0.5) is 4.39 Å². The summed E-state index contributed by atoms with van der Waals surface area (Å²) in [6, 6.07) is 8.92. The van der Waals surface area contributed by atoms with Crippen LogP contribution in [0.3, 0.4) is 0 Å². The molecule has 2 rings (SSSR count). The summed E-state index contributed by atoms with van der Waals surface area (Å²) >= 11 is 5.72. The highest BCUT2D eigenvalue weighted by atomic mass is 35.5. The maximum atomic E-state index is 13.4. The number of nitrogens with zero attached hydrogens (tertiary/aromatic N) is 1. The smallest absolute Gasteiger partial charge is 0.357 e. The van der Waals surface area contributed by atoms with Gasteiger partial charge in [0.05, 0.1) is 0 Å². The zero-order valence-electron chi connectivity index (χ0n) is 11.4. The highest BCUT2D eigenvalue weighted by Crippen LogP contribution is 2.09. The summed E-state index contributed by atoms with van der Waals surface area (Å²) in [6.45, 7) is -0.472. The molecule has 1 aromatic carbocycles. The molecule has 1 aromatic heterocycles. The third kappa shape index (κ3) is 4.53. The van der Waals surface area contributed by atoms with Gasteiger partial charge in [0.15, 0.2) is 6.61 Å². The van der Waals surface area contributed by atoms with E-state index in [0.717, 1.165) is 0 Å². The number of carbonyl (C=O) groups is 2. The number of amides is 1. The Morgan fingerprint density at radius 3 is 2.77 bits per heavy atom. The van der Waals surface area contributed by atoms with Crippen molar-refractivity contribution >= 4 is 23.5 Å². The van der Waals surface area contributed by atoms with Crippen LogP contribution in [-0.2, 0) is 16.1 Å². The SMILES string of the molecule is O=C(COC(=O)c1cc(Cl)ccn1)NCc1ccccc1F. The number of pyridine rings is 1. The fourth-order valence-electron chi connectivity index (χ4n) is 1.61. The molecule has 1 heterocycles. The van der Waals surface area contributed by atoms with Crippen molar-refractivity contribution in [1.29, 1.82) is 0 Å². The van der Waals surface area contributed by atoms with Crippen molar-refractivity contribution in [3.63, 3.8) is 0 Å². The lowest BCUT2D eigenvalue weighted by atomic mass is 10.2. The fourth-order valence-corrected chi connectivity index (χ4v) is 1.77. The first kappa shape index (κ1) is 15.9. The third-order valence-electron chi connectivity index (χ3n) is 2.70. The molecular weight excluding hydrogens is 311 g/mol. The molecule has 22 heavy (non-hydrogen) atoms. The Bertz CT molecular complexity index is 694. The molecule has 0 spiro atoms. The summed E-state index contributed by atoms with van der Waals surface area (Å²) in [5.41, 5.74) is 0.355. The predicted octanol–water partition coefficient (Wildman–Crippen LogP) is 2.35. The van der Waals surface area contributed by atoms with Gasteiger partial charge in [-0.2, -0.15) is 0 Å². The van der Waals surface area contributed by atoms with E-state index in [0.29, 0.717) is 10.6 Å². The quantitative estimate of drug-likeness (QED) is 0.858. The van der Waals surface area contributed by atoms with Crippen LogP contribution in [0.2, 0.25) is 5.02 Å². The first-order valence-corrected chi connectivity index (χ1v) is 6.73. The average molecular weight is 323 g/mol. The summed E-state index contributed by atoms with van der Waals surface area (Å²) in [7, 11) is 0. The maximum absolute atomic E-state index is 13.4. The van der Waals surface area contributed by atoms with Gasteiger partial charge in [0, 0.05) is 23.3 Å². The van der Waals surface area contributed by atoms with E-state index < -0.39 is 24.3 Å². The first-order valence-electron chi connectivity index (χ1n) is 6.35. The van der Waals surface area contributed by atoms with Crippen LogP contribution in [-0.4, -0.2) is 23.5 Å². The van der Waals surface area contributed by atoms with E-state index >= 15 is 0 Å². The number of hydrogen-bond acceptors (Lipinski definition) is 4. The van der Waals surface area contributed by atoms with Gasteiger partial charge in [-0.05, 0) is 18.2 Å². The lowest BCUT2D eigenvalue weighted by molar-refractivity contribution is -0.124. The van der Waals surface area contributed by atoms with Gasteiger partial charge in [0.2, 0.25) is 0 Å². The van der Waals surface area contributed by atoms with Crippen LogP contribution < -0.4 is 5.32 Å². The molecule has 2 aromatic rings. The molecular formula is C15H12ClFN2O3. The monoisotopic (exact) mass is 322 g/mol. The van der Waals surface area contributed by atoms with Crippen molar-refractivity contribution in [1.82, 2.24) is 10.3 Å². The minimum absolute atomic E-state index is 0.00871. The Balaban J connectivity index is 1.81. The Kier molecular flexibility index (Phi) is 5.43. The Hall–Kier alpha value is -2.47. The summed E-state index contributed by atoms with van der Waals surface area (Å²) in [5, 5.41) is 2.79. The zero-order valence-corrected chi connectivity index (χ0v) is 12.1. The molecule has 7 heteroatoms. The van der Waals surface area contributed by atoms with Gasteiger partial charge in [0.1, 0.15) is 11.5 Å². The van der Waals surface area contributed by atoms with Gasteiger partial charge in [0.25, 0.3) is 5.91 Å². The molecule has 0 saturated carbocycles. The molecule has 0 fully saturated rings. The second-order valence-electron chi connectivity index (χ2n) is 4.30. The molecule has 1 N–H and O–H groups in total. The number of aromatic nitrogens is 1. The average Bonchev–Trinajstić information content (AvgIpc) is 2.52. The van der Waals surface area contributed by atoms with Gasteiger partial charge in [-0.15, -0.1) is 0 Å². The minimum atomic E-state index is -0.761. The first-order chi connectivity index (χ1) is 10.6. The molecule has 0 unspecified atom stereocenters. The van der Waals surface area contributed by atoms with Crippen LogP contribution in [0.5, 0.6) is 0 Å². The number of nitrogens with one attached hydrogen (secondary N) is 1. The molecule has 0 bridgehead atoms. The van der Waals surface area contributed by atoms with Crippen LogP contribution in [0.25, 0.3) is 0 Å². The summed E-state index contributed by atoms with van der Waals surface area (Å²) in [4.78, 5) is 27.0. The predicted molar refractivity (Wildman–Crippen MR) is 77.8 cm³/mol. The van der Waals surface area contributed by atoms with Gasteiger partial charge in [-0.3, -0.25) is 4.79 Å². The summed E-state index contributed by atoms with van der Waals surface area (Å²) < 4.78 is 18.2. The second kappa shape index (κ2) is 7.51. The number of esters is 1. The largest absolute Gasteiger partial charge is 0.451 e. The molecule has 0 radical (unpaired) electrons. The zero-order chi connectivity index (χ0) is 15.9. The minimum Gasteiger partial charge on any atom is -0.451 e. The molecule has 0 aliphatic carbocycles. The second-order valence-corrected chi connectivity index (χ2v) is 4.74. The number of halogens is 2. The lowest BCUT2D eigenvalue weighted by Gasteiger charge is -2.07. The number of rotatable bonds is 5. The standard InChI is InChI=1S/C15H12ClFN2O3/c16-11-5-6-18-13(7-11)15(21)22-9-14(20)19-8-10-3-1-2-4-12(10)17/h1-7H,8-9H2,(H,19,20). The third-order valence-corrected chi connectivity index (χ3v) is 2.93. The van der Waals surface area contributed by atoms with Crippen molar-refractivity contribution in [2.45, 2.75) is 6.54 Å². The number of benzene rings is 1. The number of carbonyl (C=O) groups excluding carboxylic acids is 2. The van der Waals surface area contributed by atoms with E-state index in [1.807, 2.05) is 0 Å². The van der Waals surface area contributed by atoms with Crippen molar-refractivity contribution in [3.8, 4) is 0 Å². The maximum Gasteiger partial charge on any atom is 0.357 e. The highest BCUT2D eigenvalue weighted by molar-refractivity contribution is 6.30. The summed E-state index contributed by atoms with van der Waals surface area (Å²) in [5.74, 6) is -1.72. The Morgan fingerprint density at radius 2 is 2.05 bits per heavy atom. The van der Waals surface area contributed by atoms with Crippen LogP contribution >= 0.6 is 11.6 Å². The van der Waals surface area contributed by atoms with Gasteiger partial charge < -0.3 is 10.1 Å². The Morgan fingerprint density at radius 1 is 1.27 bits per heavy atom. The van der Waals surface area contributed by atoms with Gasteiger partial charge >= 0.3 is 5.97 Å². The molecule has 1 amide bonds. The van der Waals surface area contributed by atoms with E-state index in [2.05, 4.69) is 10.3 Å². The molecule has 114 valence electrons. The number of hydrogen-bond donors (Lipinski definition) is 1. The molecule has 0 aliphatic rings. The topological polar surface area (TPSA) is 68.3 Å². The molecule has 0 aliphatic heterocycles. The Labute approximate surface area is 131 Å². The van der Waals surface area contributed by atoms with Crippen molar-refractivity contribution in [2.75, 3.05) is 6.61 Å². The van der Waals surface area contributed by atoms with E-state index in [-0.39, 0.29) is 12.2 Å². The van der Waals surface area contributed by atoms with Crippen molar-refractivity contribution in [2.24, 2.45) is 0 Å². The highest BCUT2D eigenvalue weighted by Gasteiger charge is 2.12. The molecule has 0 atom stereocenters. The normalized spacial score (nSPS) is 10.1. The van der Waals surface area contributed by atoms with Crippen molar-refractivity contribution in [3.05, 3.63) is 64.7 Å². The van der Waals surface area contributed by atoms with Crippen molar-refractivity contribution < 1.29 is 18.7 Å². The van der Waals surface area contributed by atoms with Gasteiger partial charge in [-0.1, -0.05) is 29.8 Å². The fraction of sp³-hybridized carbons (Fsp3) is 0.133. The van der Waals surface area contributed by atoms with E-state index in [4.69, 9.17) is 16.3 Å². The van der Waals surface area contributed by atoms with E-state index in [1.54, 1.807) is 18.2 Å². The van der Waals surface area contributed by atoms with Crippen LogP contribution in [0.15, 0.2) is 42.6 Å². The molecule has 0 saturated heterocycles. The van der Waals surface area contributed by atoms with E-state index in [1.165, 1.54) is 24.4 Å². The lowest BCUT2D eigenvalue weighted by Crippen LogP contribution is -2.28. The summed E-state index contributed by atoms with van der Waals surface area (Å²) in [6.07, 6.45) is 1.36. The van der Waals surface area contributed by atoms with Gasteiger partial charge in [-0.25, -0.2) is 14.2 Å². The van der Waals surface area contributed by atoms with E-state index in [9.17, 15) is 14.0 Å². The number of ether oxygens (including phenoxy) is 1.